The highest BCUT2D eigenvalue weighted by molar-refractivity contribution is 7.99. The van der Waals surface area contributed by atoms with E-state index in [1.165, 1.54) is 4.90 Å². The molecule has 0 bridgehead atoms. The zero-order chi connectivity index (χ0) is 11.5. The van der Waals surface area contributed by atoms with Gasteiger partial charge in [0.1, 0.15) is 5.69 Å². The average molecular weight is 231 g/mol. The van der Waals surface area contributed by atoms with E-state index in [9.17, 15) is 4.79 Å². The number of carbonyl (C=O) groups is 1. The first-order valence-corrected chi connectivity index (χ1v) is 6.24. The number of benzene rings is 1. The fourth-order valence-electron chi connectivity index (χ4n) is 1.55. The van der Waals surface area contributed by atoms with E-state index in [1.807, 2.05) is 18.2 Å². The summed E-state index contributed by atoms with van der Waals surface area (Å²) in [6.45, 7) is 3.66. The van der Waals surface area contributed by atoms with Gasteiger partial charge in [0.15, 0.2) is 5.78 Å². The highest BCUT2D eigenvalue weighted by Gasteiger charge is 2.03. The number of hydrogen-bond acceptors (Lipinski definition) is 3. The molecule has 0 aliphatic rings. The molecular weight excluding hydrogens is 218 g/mol. The van der Waals surface area contributed by atoms with Crippen molar-refractivity contribution in [1.82, 2.24) is 4.98 Å². The number of carbonyl (C=O) groups excluding carboxylic acids is 1. The second kappa shape index (κ2) is 4.66. The number of Topliss-reactive ketones (excluding diaryl/α,β-unsaturated/α-hetero) is 1. The molecule has 1 heterocycles. The first kappa shape index (κ1) is 11.1. The Kier molecular flexibility index (Phi) is 3.25. The van der Waals surface area contributed by atoms with Crippen molar-refractivity contribution in [2.45, 2.75) is 18.7 Å². The minimum Gasteiger partial charge on any atom is -0.293 e. The van der Waals surface area contributed by atoms with E-state index in [0.717, 1.165) is 16.7 Å². The monoisotopic (exact) mass is 231 g/mol. The Bertz CT molecular complexity index is 536. The summed E-state index contributed by atoms with van der Waals surface area (Å²) in [6.07, 6.45) is 0. The lowest BCUT2D eigenvalue weighted by Crippen LogP contribution is -1.96. The third-order valence-electron chi connectivity index (χ3n) is 2.34. The molecular formula is C13H13NOS. The third kappa shape index (κ3) is 2.25. The molecule has 1 aromatic heterocycles. The minimum atomic E-state index is 0.00967. The normalized spacial score (nSPS) is 10.6. The number of hydrogen-bond donors (Lipinski definition) is 0. The zero-order valence-electron chi connectivity index (χ0n) is 9.36. The molecule has 2 nitrogen and oxygen atoms in total. The molecule has 82 valence electrons. The zero-order valence-corrected chi connectivity index (χ0v) is 10.2. The Balaban J connectivity index is 2.52. The molecule has 0 N–H and O–H groups in total. The molecule has 0 atom stereocenters. The molecule has 0 saturated heterocycles. The van der Waals surface area contributed by atoms with Crippen molar-refractivity contribution in [1.29, 1.82) is 0 Å². The largest absolute Gasteiger partial charge is 0.293 e. The van der Waals surface area contributed by atoms with Gasteiger partial charge in [0.05, 0.1) is 5.52 Å². The van der Waals surface area contributed by atoms with Gasteiger partial charge in [-0.3, -0.25) is 4.79 Å². The van der Waals surface area contributed by atoms with Crippen LogP contribution in [0.4, 0.5) is 0 Å². The van der Waals surface area contributed by atoms with Crippen molar-refractivity contribution >= 4 is 28.4 Å². The molecule has 0 fully saturated rings. The van der Waals surface area contributed by atoms with Crippen LogP contribution in [0.15, 0.2) is 35.2 Å². The molecule has 0 aliphatic carbocycles. The van der Waals surface area contributed by atoms with Gasteiger partial charge in [0, 0.05) is 17.2 Å². The van der Waals surface area contributed by atoms with Crippen LogP contribution in [-0.4, -0.2) is 16.5 Å². The summed E-state index contributed by atoms with van der Waals surface area (Å²) in [7, 11) is 0. The Morgan fingerprint density at radius 1 is 1.31 bits per heavy atom. The van der Waals surface area contributed by atoms with Crippen LogP contribution in [0, 0.1) is 0 Å². The van der Waals surface area contributed by atoms with E-state index in [0.29, 0.717) is 5.69 Å². The van der Waals surface area contributed by atoms with Crippen LogP contribution in [-0.2, 0) is 0 Å². The summed E-state index contributed by atoms with van der Waals surface area (Å²) in [4.78, 5) is 16.8. The van der Waals surface area contributed by atoms with Gasteiger partial charge < -0.3 is 0 Å². The number of pyridine rings is 1. The van der Waals surface area contributed by atoms with Crippen LogP contribution >= 0.6 is 11.8 Å². The Morgan fingerprint density at radius 3 is 2.75 bits per heavy atom. The Morgan fingerprint density at radius 2 is 2.06 bits per heavy atom. The van der Waals surface area contributed by atoms with Crippen LogP contribution in [0.25, 0.3) is 10.9 Å². The molecule has 2 rings (SSSR count). The summed E-state index contributed by atoms with van der Waals surface area (Å²) >= 11 is 1.78. The topological polar surface area (TPSA) is 30.0 Å². The number of thioether (sulfide) groups is 1. The van der Waals surface area contributed by atoms with Crippen molar-refractivity contribution in [2.24, 2.45) is 0 Å². The molecule has 0 radical (unpaired) electrons. The number of aromatic nitrogens is 1. The highest BCUT2D eigenvalue weighted by atomic mass is 32.2. The smallest absolute Gasteiger partial charge is 0.178 e. The molecule has 0 spiro atoms. The van der Waals surface area contributed by atoms with Crippen LogP contribution in [0.5, 0.6) is 0 Å². The van der Waals surface area contributed by atoms with Gasteiger partial charge in [-0.05, 0) is 24.0 Å². The maximum atomic E-state index is 11.2. The summed E-state index contributed by atoms with van der Waals surface area (Å²) < 4.78 is 0. The summed E-state index contributed by atoms with van der Waals surface area (Å²) in [5.41, 5.74) is 1.43. The molecule has 0 saturated carbocycles. The summed E-state index contributed by atoms with van der Waals surface area (Å²) in [6, 6.07) is 9.89. The molecule has 2 aromatic rings. The highest BCUT2D eigenvalue weighted by Crippen LogP contribution is 2.22. The van der Waals surface area contributed by atoms with E-state index >= 15 is 0 Å². The van der Waals surface area contributed by atoms with Crippen LogP contribution in [0.3, 0.4) is 0 Å². The van der Waals surface area contributed by atoms with E-state index in [1.54, 1.807) is 24.8 Å². The molecule has 3 heteroatoms. The quantitative estimate of drug-likeness (QED) is 0.597. The molecule has 0 amide bonds. The second-order valence-electron chi connectivity index (χ2n) is 3.54. The van der Waals surface area contributed by atoms with Crippen LogP contribution < -0.4 is 0 Å². The van der Waals surface area contributed by atoms with Crippen LogP contribution in [0.1, 0.15) is 24.3 Å². The standard InChI is InChI=1S/C13H13NOS/c1-3-16-11-6-4-10-5-7-12(9(2)15)14-13(10)8-11/h4-8H,3H2,1-2H3. The lowest BCUT2D eigenvalue weighted by Gasteiger charge is -2.02. The van der Waals surface area contributed by atoms with Gasteiger partial charge in [-0.15, -0.1) is 11.8 Å². The Hall–Kier alpha value is -1.35. The van der Waals surface area contributed by atoms with E-state index in [2.05, 4.69) is 18.0 Å². The predicted molar refractivity (Wildman–Crippen MR) is 68.1 cm³/mol. The fraction of sp³-hybridized carbons (Fsp3) is 0.231. The molecule has 0 aliphatic heterocycles. The van der Waals surface area contributed by atoms with E-state index in [-0.39, 0.29) is 5.78 Å². The molecule has 0 unspecified atom stereocenters. The van der Waals surface area contributed by atoms with Gasteiger partial charge >= 0.3 is 0 Å². The van der Waals surface area contributed by atoms with E-state index in [4.69, 9.17) is 0 Å². The van der Waals surface area contributed by atoms with E-state index < -0.39 is 0 Å². The SMILES string of the molecule is CCSc1ccc2ccc(C(C)=O)nc2c1. The van der Waals surface area contributed by atoms with Crippen molar-refractivity contribution in [3.05, 3.63) is 36.0 Å². The molecule has 16 heavy (non-hydrogen) atoms. The summed E-state index contributed by atoms with van der Waals surface area (Å²) in [5.74, 6) is 1.05. The number of rotatable bonds is 3. The van der Waals surface area contributed by atoms with Crippen LogP contribution in [0.2, 0.25) is 0 Å². The fourth-order valence-corrected chi connectivity index (χ4v) is 2.24. The minimum absolute atomic E-state index is 0.00967. The van der Waals surface area contributed by atoms with Gasteiger partial charge in [0.2, 0.25) is 0 Å². The first-order valence-electron chi connectivity index (χ1n) is 5.25. The van der Waals surface area contributed by atoms with Crippen molar-refractivity contribution in [2.75, 3.05) is 5.75 Å². The maximum Gasteiger partial charge on any atom is 0.178 e. The summed E-state index contributed by atoms with van der Waals surface area (Å²) in [5, 5.41) is 1.07. The lowest BCUT2D eigenvalue weighted by atomic mass is 10.2. The van der Waals surface area contributed by atoms with Gasteiger partial charge in [-0.25, -0.2) is 4.98 Å². The first-order chi connectivity index (χ1) is 7.70. The average Bonchev–Trinajstić information content (AvgIpc) is 2.28. The van der Waals surface area contributed by atoms with Gasteiger partial charge in [-0.1, -0.05) is 19.1 Å². The van der Waals surface area contributed by atoms with Crippen molar-refractivity contribution in [3.63, 3.8) is 0 Å². The molecule has 1 aromatic carbocycles. The Labute approximate surface area is 99.1 Å². The van der Waals surface area contributed by atoms with Crippen molar-refractivity contribution < 1.29 is 4.79 Å². The number of ketones is 1. The van der Waals surface area contributed by atoms with Gasteiger partial charge in [0.25, 0.3) is 0 Å². The van der Waals surface area contributed by atoms with Gasteiger partial charge in [-0.2, -0.15) is 0 Å². The lowest BCUT2D eigenvalue weighted by molar-refractivity contribution is 0.101. The third-order valence-corrected chi connectivity index (χ3v) is 3.21. The van der Waals surface area contributed by atoms with Crippen molar-refractivity contribution in [3.8, 4) is 0 Å². The number of nitrogens with zero attached hydrogens (tertiary/aromatic N) is 1. The predicted octanol–water partition coefficient (Wildman–Crippen LogP) is 3.55. The second-order valence-corrected chi connectivity index (χ2v) is 4.88. The maximum absolute atomic E-state index is 11.2. The number of fused-ring (bicyclic) bond motifs is 1.